The molecular weight excluding hydrogens is 476 g/mol. The van der Waals surface area contributed by atoms with Gasteiger partial charge in [-0.3, -0.25) is 9.59 Å². The van der Waals surface area contributed by atoms with Gasteiger partial charge in [-0.1, -0.05) is 31.5 Å². The number of rotatable bonds is 12. The number of thioether (sulfide) groups is 1. The molecule has 0 aromatic heterocycles. The van der Waals surface area contributed by atoms with Crippen molar-refractivity contribution in [1.29, 1.82) is 0 Å². The van der Waals surface area contributed by atoms with Crippen LogP contribution < -0.4 is 15.4 Å². The number of carbonyl (C=O) groups is 3. The van der Waals surface area contributed by atoms with Gasteiger partial charge in [-0.05, 0) is 74.0 Å². The van der Waals surface area contributed by atoms with Crippen molar-refractivity contribution in [3.8, 4) is 5.75 Å². The molecule has 3 aromatic carbocycles. The summed E-state index contributed by atoms with van der Waals surface area (Å²) in [6.07, 6.45) is 1.79. The van der Waals surface area contributed by atoms with Gasteiger partial charge in [-0.2, -0.15) is 0 Å². The first-order valence-corrected chi connectivity index (χ1v) is 12.6. The van der Waals surface area contributed by atoms with Crippen LogP contribution in [0.25, 0.3) is 0 Å². The molecule has 36 heavy (non-hydrogen) atoms. The summed E-state index contributed by atoms with van der Waals surface area (Å²) in [5.74, 6) is -0.151. The van der Waals surface area contributed by atoms with Crippen LogP contribution in [-0.2, 0) is 14.3 Å². The van der Waals surface area contributed by atoms with E-state index in [4.69, 9.17) is 9.47 Å². The van der Waals surface area contributed by atoms with Gasteiger partial charge < -0.3 is 20.1 Å². The number of para-hydroxylation sites is 1. The van der Waals surface area contributed by atoms with Crippen molar-refractivity contribution in [2.45, 2.75) is 36.8 Å². The number of nitrogens with one attached hydrogen (secondary N) is 2. The molecule has 7 nitrogen and oxygen atoms in total. The first kappa shape index (κ1) is 26.8. The largest absolute Gasteiger partial charge is 0.484 e. The highest BCUT2D eigenvalue weighted by atomic mass is 32.2. The van der Waals surface area contributed by atoms with Crippen molar-refractivity contribution in [2.75, 3.05) is 23.8 Å². The van der Waals surface area contributed by atoms with E-state index in [1.807, 2.05) is 44.2 Å². The van der Waals surface area contributed by atoms with Gasteiger partial charge in [0.25, 0.3) is 5.91 Å². The van der Waals surface area contributed by atoms with E-state index in [0.29, 0.717) is 29.3 Å². The quantitative estimate of drug-likeness (QED) is 0.184. The summed E-state index contributed by atoms with van der Waals surface area (Å²) >= 11 is 1.40. The molecule has 1 atom stereocenters. The molecule has 0 aliphatic heterocycles. The van der Waals surface area contributed by atoms with E-state index in [2.05, 4.69) is 10.6 Å². The molecule has 2 N–H and O–H groups in total. The zero-order valence-electron chi connectivity index (χ0n) is 20.4. The molecule has 0 spiro atoms. The van der Waals surface area contributed by atoms with Gasteiger partial charge in [-0.15, -0.1) is 11.8 Å². The highest BCUT2D eigenvalue weighted by molar-refractivity contribution is 8.00. The third-order valence-electron chi connectivity index (χ3n) is 5.05. The molecule has 188 valence electrons. The van der Waals surface area contributed by atoms with E-state index >= 15 is 0 Å². The van der Waals surface area contributed by atoms with E-state index in [1.165, 1.54) is 11.8 Å². The maximum Gasteiger partial charge on any atom is 0.338 e. The van der Waals surface area contributed by atoms with E-state index in [-0.39, 0.29) is 29.6 Å². The summed E-state index contributed by atoms with van der Waals surface area (Å²) in [4.78, 5) is 37.6. The predicted octanol–water partition coefficient (Wildman–Crippen LogP) is 5.78. The van der Waals surface area contributed by atoms with Gasteiger partial charge in [0.1, 0.15) is 5.75 Å². The van der Waals surface area contributed by atoms with E-state index in [0.717, 1.165) is 17.7 Å². The van der Waals surface area contributed by atoms with Gasteiger partial charge in [0.05, 0.1) is 17.4 Å². The Morgan fingerprint density at radius 2 is 1.50 bits per heavy atom. The number of benzene rings is 3. The van der Waals surface area contributed by atoms with Crippen LogP contribution in [0.2, 0.25) is 0 Å². The lowest BCUT2D eigenvalue weighted by atomic mass is 10.2. The standard InChI is InChI=1S/C28H30N2O5S/c1-3-4-18-34-28(33)21-10-12-23(13-11-21)30-27(32)20(2)36-25-16-14-22(15-17-25)29-26(31)19-35-24-8-6-5-7-9-24/h5-17,20H,3-4,18-19H2,1-2H3,(H,29,31)(H,30,32). The first-order chi connectivity index (χ1) is 17.4. The van der Waals surface area contributed by atoms with Crippen molar-refractivity contribution >= 4 is 40.9 Å². The highest BCUT2D eigenvalue weighted by Gasteiger charge is 2.15. The van der Waals surface area contributed by atoms with Gasteiger partial charge in [-0.25, -0.2) is 4.79 Å². The molecule has 2 amide bonds. The molecule has 0 radical (unpaired) electrons. The molecule has 8 heteroatoms. The van der Waals surface area contributed by atoms with Crippen molar-refractivity contribution in [3.63, 3.8) is 0 Å². The Labute approximate surface area is 215 Å². The SMILES string of the molecule is CCCCOC(=O)c1ccc(NC(=O)C(C)Sc2ccc(NC(=O)COc3ccccc3)cc2)cc1. The van der Waals surface area contributed by atoms with Crippen LogP contribution >= 0.6 is 11.8 Å². The number of hydrogen-bond donors (Lipinski definition) is 2. The molecule has 0 saturated heterocycles. The number of anilines is 2. The fourth-order valence-corrected chi connectivity index (χ4v) is 3.93. The minimum Gasteiger partial charge on any atom is -0.484 e. The van der Waals surface area contributed by atoms with Gasteiger partial charge >= 0.3 is 5.97 Å². The van der Waals surface area contributed by atoms with Crippen LogP contribution in [0.15, 0.2) is 83.8 Å². The van der Waals surface area contributed by atoms with Crippen molar-refractivity contribution in [2.24, 2.45) is 0 Å². The predicted molar refractivity (Wildman–Crippen MR) is 143 cm³/mol. The summed E-state index contributed by atoms with van der Waals surface area (Å²) in [5, 5.41) is 5.29. The van der Waals surface area contributed by atoms with Crippen LogP contribution in [0.4, 0.5) is 11.4 Å². The molecule has 0 bridgehead atoms. The second-order valence-electron chi connectivity index (χ2n) is 7.99. The fraction of sp³-hybridized carbons (Fsp3) is 0.250. The first-order valence-electron chi connectivity index (χ1n) is 11.8. The molecule has 0 fully saturated rings. The molecule has 0 heterocycles. The number of amides is 2. The Morgan fingerprint density at radius 1 is 0.861 bits per heavy atom. The number of unbranched alkanes of at least 4 members (excludes halogenated alkanes) is 1. The maximum absolute atomic E-state index is 12.6. The summed E-state index contributed by atoms with van der Waals surface area (Å²) in [6.45, 7) is 4.16. The van der Waals surface area contributed by atoms with Crippen molar-refractivity contribution in [3.05, 3.63) is 84.4 Å². The average molecular weight is 507 g/mol. The summed E-state index contributed by atoms with van der Waals surface area (Å²) in [7, 11) is 0. The lowest BCUT2D eigenvalue weighted by Crippen LogP contribution is -2.22. The number of ether oxygens (including phenoxy) is 2. The Kier molecular flexibility index (Phi) is 10.4. The monoisotopic (exact) mass is 506 g/mol. The lowest BCUT2D eigenvalue weighted by Gasteiger charge is -2.13. The van der Waals surface area contributed by atoms with Gasteiger partial charge in [0, 0.05) is 16.3 Å². The second-order valence-corrected chi connectivity index (χ2v) is 9.40. The molecule has 0 saturated carbocycles. The van der Waals surface area contributed by atoms with Crippen molar-refractivity contribution in [1.82, 2.24) is 0 Å². The molecule has 3 aromatic rings. The second kappa shape index (κ2) is 13.9. The lowest BCUT2D eigenvalue weighted by molar-refractivity contribution is -0.118. The minimum absolute atomic E-state index is 0.0846. The smallest absolute Gasteiger partial charge is 0.338 e. The van der Waals surface area contributed by atoms with Crippen LogP contribution in [0, 0.1) is 0 Å². The molecule has 3 rings (SSSR count). The fourth-order valence-electron chi connectivity index (χ4n) is 3.06. The molecule has 0 aliphatic rings. The topological polar surface area (TPSA) is 93.7 Å². The Hall–Kier alpha value is -3.78. The molecule has 1 unspecified atom stereocenters. The summed E-state index contributed by atoms with van der Waals surface area (Å²) < 4.78 is 10.6. The Morgan fingerprint density at radius 3 is 2.17 bits per heavy atom. The average Bonchev–Trinajstić information content (AvgIpc) is 2.89. The highest BCUT2D eigenvalue weighted by Crippen LogP contribution is 2.26. The van der Waals surface area contributed by atoms with Crippen molar-refractivity contribution < 1.29 is 23.9 Å². The number of carbonyl (C=O) groups excluding carboxylic acids is 3. The Bertz CT molecular complexity index is 1130. The van der Waals surface area contributed by atoms with Crippen LogP contribution in [-0.4, -0.2) is 36.2 Å². The van der Waals surface area contributed by atoms with Gasteiger partial charge in [0.15, 0.2) is 6.61 Å². The van der Waals surface area contributed by atoms with Crippen LogP contribution in [0.5, 0.6) is 5.75 Å². The number of esters is 1. The van der Waals surface area contributed by atoms with Crippen LogP contribution in [0.1, 0.15) is 37.0 Å². The zero-order chi connectivity index (χ0) is 25.8. The van der Waals surface area contributed by atoms with Crippen LogP contribution in [0.3, 0.4) is 0 Å². The van der Waals surface area contributed by atoms with E-state index in [9.17, 15) is 14.4 Å². The molecule has 0 aliphatic carbocycles. The maximum atomic E-state index is 12.6. The third kappa shape index (κ3) is 8.78. The zero-order valence-corrected chi connectivity index (χ0v) is 21.2. The Balaban J connectivity index is 1.44. The third-order valence-corrected chi connectivity index (χ3v) is 6.16. The molecular formula is C28H30N2O5S. The van der Waals surface area contributed by atoms with E-state index in [1.54, 1.807) is 48.5 Å². The summed E-state index contributed by atoms with van der Waals surface area (Å²) in [6, 6.07) is 23.1. The minimum atomic E-state index is -0.367. The normalized spacial score (nSPS) is 11.3. The summed E-state index contributed by atoms with van der Waals surface area (Å²) in [5.41, 5.74) is 1.70. The van der Waals surface area contributed by atoms with Gasteiger partial charge in [0.2, 0.25) is 5.91 Å². The van der Waals surface area contributed by atoms with E-state index < -0.39 is 0 Å². The number of hydrogen-bond acceptors (Lipinski definition) is 6.